The fraction of sp³-hybridized carbons (Fsp3) is 0.222. The highest BCUT2D eigenvalue weighted by Gasteiger charge is 2.23. The fourth-order valence-corrected chi connectivity index (χ4v) is 3.43. The molecule has 0 saturated carbocycles. The predicted molar refractivity (Wildman–Crippen MR) is 107 cm³/mol. The van der Waals surface area contributed by atoms with Crippen molar-refractivity contribution < 1.29 is 17.9 Å². The summed E-state index contributed by atoms with van der Waals surface area (Å²) in [6.07, 6.45) is 1.40. The van der Waals surface area contributed by atoms with Crippen LogP contribution < -0.4 is 14.5 Å². The highest BCUT2D eigenvalue weighted by molar-refractivity contribution is 7.92. The Labute approximate surface area is 163 Å². The minimum Gasteiger partial charge on any atom is -0.497 e. The highest BCUT2D eigenvalue weighted by atomic mass is 35.5. The number of nitrogens with zero attached hydrogens (tertiary/aromatic N) is 2. The van der Waals surface area contributed by atoms with Gasteiger partial charge in [-0.25, -0.2) is 13.8 Å². The van der Waals surface area contributed by atoms with Crippen LogP contribution in [-0.2, 0) is 14.8 Å². The number of halogens is 1. The van der Waals surface area contributed by atoms with E-state index in [0.717, 1.165) is 4.31 Å². The average Bonchev–Trinajstić information content (AvgIpc) is 2.67. The molecule has 9 heteroatoms. The van der Waals surface area contributed by atoms with Crippen LogP contribution in [0.3, 0.4) is 0 Å². The molecule has 27 heavy (non-hydrogen) atoms. The summed E-state index contributed by atoms with van der Waals surface area (Å²) >= 11 is 6.01. The minimum absolute atomic E-state index is 0.144. The molecule has 0 spiro atoms. The molecule has 0 fully saturated rings. The fourth-order valence-electron chi connectivity index (χ4n) is 2.17. The van der Waals surface area contributed by atoms with Gasteiger partial charge in [-0.05, 0) is 37.3 Å². The number of hydrogen-bond acceptors (Lipinski definition) is 5. The van der Waals surface area contributed by atoms with Crippen molar-refractivity contribution in [1.82, 2.24) is 5.43 Å². The molecule has 0 bridgehead atoms. The molecule has 1 N–H and O–H groups in total. The number of amides is 1. The van der Waals surface area contributed by atoms with E-state index < -0.39 is 22.5 Å². The van der Waals surface area contributed by atoms with Crippen LogP contribution in [0.1, 0.15) is 12.5 Å². The Morgan fingerprint density at radius 3 is 2.48 bits per heavy atom. The van der Waals surface area contributed by atoms with Crippen molar-refractivity contribution in [2.75, 3.05) is 23.7 Å². The Morgan fingerprint density at radius 2 is 1.89 bits per heavy atom. The van der Waals surface area contributed by atoms with Gasteiger partial charge in [0.15, 0.2) is 0 Å². The van der Waals surface area contributed by atoms with Crippen LogP contribution in [0, 0.1) is 0 Å². The standard InChI is InChI=1S/C18H20ClN3O4S/c1-3-27(24,25)22(15-8-10-16(26-2)11-9-15)13-18(23)21-20-12-14-6-4-5-7-17(14)19/h4-12H,3,13H2,1-2H3,(H,21,23)/b20-12-. The van der Waals surface area contributed by atoms with Crippen molar-refractivity contribution in [3.05, 3.63) is 59.1 Å². The monoisotopic (exact) mass is 409 g/mol. The van der Waals surface area contributed by atoms with E-state index in [1.165, 1.54) is 20.2 Å². The second-order valence-corrected chi connectivity index (χ2v) is 8.01. The van der Waals surface area contributed by atoms with E-state index in [2.05, 4.69) is 10.5 Å². The zero-order chi connectivity index (χ0) is 19.9. The van der Waals surface area contributed by atoms with Crippen LogP contribution in [0.25, 0.3) is 0 Å². The second kappa shape index (κ2) is 9.38. The molecule has 0 aliphatic carbocycles. The summed E-state index contributed by atoms with van der Waals surface area (Å²) < 4.78 is 30.9. The maximum absolute atomic E-state index is 12.4. The van der Waals surface area contributed by atoms with Gasteiger partial charge < -0.3 is 4.74 Å². The lowest BCUT2D eigenvalue weighted by Crippen LogP contribution is -2.40. The third kappa shape index (κ3) is 5.70. The molecule has 0 atom stereocenters. The highest BCUT2D eigenvalue weighted by Crippen LogP contribution is 2.22. The van der Waals surface area contributed by atoms with Crippen molar-refractivity contribution >= 4 is 39.4 Å². The van der Waals surface area contributed by atoms with E-state index in [0.29, 0.717) is 22.0 Å². The van der Waals surface area contributed by atoms with E-state index >= 15 is 0 Å². The Bertz CT molecular complexity index is 914. The molecule has 0 heterocycles. The first-order valence-corrected chi connectivity index (χ1v) is 10.1. The number of nitrogens with one attached hydrogen (secondary N) is 1. The molecule has 0 unspecified atom stereocenters. The van der Waals surface area contributed by atoms with Crippen LogP contribution >= 0.6 is 11.6 Å². The van der Waals surface area contributed by atoms with Crippen LogP contribution in [0.15, 0.2) is 53.6 Å². The number of carbonyl (C=O) groups is 1. The summed E-state index contributed by atoms with van der Waals surface area (Å²) in [6.45, 7) is 1.11. The van der Waals surface area contributed by atoms with Gasteiger partial charge in [-0.3, -0.25) is 9.10 Å². The first kappa shape index (κ1) is 20.7. The van der Waals surface area contributed by atoms with E-state index in [9.17, 15) is 13.2 Å². The van der Waals surface area contributed by atoms with E-state index in [1.54, 1.807) is 48.5 Å². The molecule has 2 rings (SSSR count). The summed E-state index contributed by atoms with van der Waals surface area (Å²) in [7, 11) is -2.14. The molecule has 0 saturated heterocycles. The number of carbonyl (C=O) groups excluding carboxylic acids is 1. The van der Waals surface area contributed by atoms with Gasteiger partial charge in [0.2, 0.25) is 10.0 Å². The summed E-state index contributed by atoms with van der Waals surface area (Å²) in [6, 6.07) is 13.4. The number of ether oxygens (including phenoxy) is 1. The van der Waals surface area contributed by atoms with Gasteiger partial charge in [-0.2, -0.15) is 5.10 Å². The largest absolute Gasteiger partial charge is 0.497 e. The Kier molecular flexibility index (Phi) is 7.20. The van der Waals surface area contributed by atoms with Gasteiger partial charge in [-0.15, -0.1) is 0 Å². The van der Waals surface area contributed by atoms with Gasteiger partial charge in [0.05, 0.1) is 24.8 Å². The first-order valence-electron chi connectivity index (χ1n) is 8.08. The van der Waals surface area contributed by atoms with Crippen LogP contribution in [0.4, 0.5) is 5.69 Å². The van der Waals surface area contributed by atoms with Crippen LogP contribution in [0.5, 0.6) is 5.75 Å². The molecule has 2 aromatic carbocycles. The first-order chi connectivity index (χ1) is 12.9. The van der Waals surface area contributed by atoms with Gasteiger partial charge in [0.25, 0.3) is 5.91 Å². The molecule has 0 radical (unpaired) electrons. The van der Waals surface area contributed by atoms with Gasteiger partial charge >= 0.3 is 0 Å². The number of methoxy groups -OCH3 is 1. The van der Waals surface area contributed by atoms with Crippen molar-refractivity contribution in [3.63, 3.8) is 0 Å². The normalized spacial score (nSPS) is 11.4. The van der Waals surface area contributed by atoms with E-state index in [-0.39, 0.29) is 5.75 Å². The number of anilines is 1. The smallest absolute Gasteiger partial charge is 0.260 e. The molecular weight excluding hydrogens is 390 g/mol. The zero-order valence-corrected chi connectivity index (χ0v) is 16.5. The molecular formula is C18H20ClN3O4S. The minimum atomic E-state index is -3.65. The summed E-state index contributed by atoms with van der Waals surface area (Å²) in [4.78, 5) is 12.2. The second-order valence-electron chi connectivity index (χ2n) is 5.42. The summed E-state index contributed by atoms with van der Waals surface area (Å²) in [5.41, 5.74) is 3.31. The number of hydrogen-bond donors (Lipinski definition) is 1. The lowest BCUT2D eigenvalue weighted by atomic mass is 10.2. The maximum Gasteiger partial charge on any atom is 0.260 e. The van der Waals surface area contributed by atoms with Gasteiger partial charge in [0, 0.05) is 10.6 Å². The molecule has 2 aromatic rings. The van der Waals surface area contributed by atoms with Crippen molar-refractivity contribution in [2.45, 2.75) is 6.92 Å². The van der Waals surface area contributed by atoms with Crippen LogP contribution in [-0.4, -0.2) is 39.9 Å². The lowest BCUT2D eigenvalue weighted by Gasteiger charge is -2.23. The maximum atomic E-state index is 12.4. The third-order valence-corrected chi connectivity index (χ3v) is 5.73. The van der Waals surface area contributed by atoms with E-state index in [1.807, 2.05) is 0 Å². The Balaban J connectivity index is 2.12. The quantitative estimate of drug-likeness (QED) is 0.536. The number of benzene rings is 2. The van der Waals surface area contributed by atoms with Crippen molar-refractivity contribution in [1.29, 1.82) is 0 Å². The van der Waals surface area contributed by atoms with Crippen molar-refractivity contribution in [2.24, 2.45) is 5.10 Å². The van der Waals surface area contributed by atoms with E-state index in [4.69, 9.17) is 16.3 Å². The molecule has 1 amide bonds. The average molecular weight is 410 g/mol. The summed E-state index contributed by atoms with van der Waals surface area (Å²) in [5.74, 6) is -0.137. The molecule has 0 aromatic heterocycles. The van der Waals surface area contributed by atoms with Gasteiger partial charge in [0.1, 0.15) is 12.3 Å². The van der Waals surface area contributed by atoms with Gasteiger partial charge in [-0.1, -0.05) is 29.8 Å². The Morgan fingerprint density at radius 1 is 1.22 bits per heavy atom. The van der Waals surface area contributed by atoms with Crippen LogP contribution in [0.2, 0.25) is 5.02 Å². The number of rotatable bonds is 8. The predicted octanol–water partition coefficient (Wildman–Crippen LogP) is 2.66. The summed E-state index contributed by atoms with van der Waals surface area (Å²) in [5, 5.41) is 4.32. The molecule has 0 aliphatic rings. The third-order valence-electron chi connectivity index (χ3n) is 3.65. The Hall–Kier alpha value is -2.58. The number of sulfonamides is 1. The molecule has 7 nitrogen and oxygen atoms in total. The number of hydrazone groups is 1. The topological polar surface area (TPSA) is 88.1 Å². The molecule has 144 valence electrons. The van der Waals surface area contributed by atoms with Crippen molar-refractivity contribution in [3.8, 4) is 5.75 Å². The SMILES string of the molecule is CCS(=O)(=O)N(CC(=O)N/N=C\c1ccccc1Cl)c1ccc(OC)cc1. The zero-order valence-electron chi connectivity index (χ0n) is 14.9. The lowest BCUT2D eigenvalue weighted by molar-refractivity contribution is -0.119. The molecule has 0 aliphatic heterocycles.